The van der Waals surface area contributed by atoms with Crippen molar-refractivity contribution in [3.63, 3.8) is 0 Å². The summed E-state index contributed by atoms with van der Waals surface area (Å²) < 4.78 is 0. The van der Waals surface area contributed by atoms with E-state index in [1.807, 2.05) is 12.3 Å². The Kier molecular flexibility index (Phi) is 2.88. The van der Waals surface area contributed by atoms with Gasteiger partial charge in [0.1, 0.15) is 0 Å². The van der Waals surface area contributed by atoms with Crippen molar-refractivity contribution in [3.8, 4) is 11.1 Å². The highest BCUT2D eigenvalue weighted by atomic mass is 16.1. The molecule has 1 aromatic heterocycles. The standard InChI is InChI=1S/C15H17NO/c1-15(2,3)13-6-4-11(5-7-13)12-8-14(10-17)16-9-12/h4-10,16H,1-3H3. The molecule has 2 heteroatoms. The second kappa shape index (κ2) is 4.21. The largest absolute Gasteiger partial charge is 0.358 e. The van der Waals surface area contributed by atoms with Crippen LogP contribution in [0, 0.1) is 0 Å². The molecule has 0 aliphatic heterocycles. The molecule has 0 saturated heterocycles. The number of aromatic nitrogens is 1. The smallest absolute Gasteiger partial charge is 0.166 e. The first-order valence-corrected chi connectivity index (χ1v) is 5.75. The van der Waals surface area contributed by atoms with Crippen LogP contribution in [-0.2, 0) is 5.41 Å². The van der Waals surface area contributed by atoms with Crippen LogP contribution in [-0.4, -0.2) is 11.3 Å². The number of hydrogen-bond donors (Lipinski definition) is 1. The van der Waals surface area contributed by atoms with Crippen LogP contribution >= 0.6 is 0 Å². The number of aromatic amines is 1. The van der Waals surface area contributed by atoms with Crippen LogP contribution in [0.15, 0.2) is 36.5 Å². The molecule has 0 spiro atoms. The quantitative estimate of drug-likeness (QED) is 0.778. The fourth-order valence-corrected chi connectivity index (χ4v) is 1.81. The molecule has 1 N–H and O–H groups in total. The van der Waals surface area contributed by atoms with Crippen molar-refractivity contribution in [1.29, 1.82) is 0 Å². The second-order valence-corrected chi connectivity index (χ2v) is 5.29. The van der Waals surface area contributed by atoms with Gasteiger partial charge in [-0.2, -0.15) is 0 Å². The number of carbonyl (C=O) groups is 1. The topological polar surface area (TPSA) is 32.9 Å². The summed E-state index contributed by atoms with van der Waals surface area (Å²) in [5, 5.41) is 0. The van der Waals surface area contributed by atoms with Gasteiger partial charge < -0.3 is 4.98 Å². The van der Waals surface area contributed by atoms with Gasteiger partial charge in [-0.25, -0.2) is 0 Å². The summed E-state index contributed by atoms with van der Waals surface area (Å²) in [6.45, 7) is 6.59. The van der Waals surface area contributed by atoms with E-state index in [2.05, 4.69) is 50.0 Å². The van der Waals surface area contributed by atoms with Gasteiger partial charge in [0.05, 0.1) is 5.69 Å². The number of rotatable bonds is 2. The summed E-state index contributed by atoms with van der Waals surface area (Å²) in [5.74, 6) is 0. The number of benzene rings is 1. The summed E-state index contributed by atoms with van der Waals surface area (Å²) in [6.07, 6.45) is 2.68. The normalized spacial score (nSPS) is 11.5. The van der Waals surface area contributed by atoms with Crippen molar-refractivity contribution >= 4 is 6.29 Å². The van der Waals surface area contributed by atoms with Gasteiger partial charge in [-0.1, -0.05) is 45.0 Å². The maximum Gasteiger partial charge on any atom is 0.166 e. The summed E-state index contributed by atoms with van der Waals surface area (Å²) >= 11 is 0. The number of hydrogen-bond acceptors (Lipinski definition) is 1. The molecular formula is C15H17NO. The lowest BCUT2D eigenvalue weighted by Crippen LogP contribution is -2.10. The predicted octanol–water partition coefficient (Wildman–Crippen LogP) is 3.79. The van der Waals surface area contributed by atoms with Gasteiger partial charge in [-0.05, 0) is 28.2 Å². The average molecular weight is 227 g/mol. The first kappa shape index (κ1) is 11.6. The van der Waals surface area contributed by atoms with Crippen LogP contribution in [0.4, 0.5) is 0 Å². The van der Waals surface area contributed by atoms with Gasteiger partial charge in [0.2, 0.25) is 0 Å². The Labute approximate surface area is 102 Å². The van der Waals surface area contributed by atoms with Crippen molar-refractivity contribution in [3.05, 3.63) is 47.8 Å². The summed E-state index contributed by atoms with van der Waals surface area (Å²) in [6, 6.07) is 10.3. The monoisotopic (exact) mass is 227 g/mol. The number of nitrogens with one attached hydrogen (secondary N) is 1. The zero-order valence-electron chi connectivity index (χ0n) is 10.4. The molecule has 1 aromatic carbocycles. The van der Waals surface area contributed by atoms with Crippen LogP contribution < -0.4 is 0 Å². The minimum Gasteiger partial charge on any atom is -0.358 e. The van der Waals surface area contributed by atoms with Gasteiger partial charge in [-0.15, -0.1) is 0 Å². The zero-order valence-corrected chi connectivity index (χ0v) is 10.4. The maximum absolute atomic E-state index is 10.6. The number of aldehydes is 1. The minimum atomic E-state index is 0.171. The molecule has 2 rings (SSSR count). The van der Waals surface area contributed by atoms with Crippen LogP contribution in [0.3, 0.4) is 0 Å². The Morgan fingerprint density at radius 3 is 2.18 bits per heavy atom. The van der Waals surface area contributed by atoms with E-state index in [9.17, 15) is 4.79 Å². The average Bonchev–Trinajstić information content (AvgIpc) is 2.76. The van der Waals surface area contributed by atoms with Crippen LogP contribution in [0.1, 0.15) is 36.8 Å². The molecule has 17 heavy (non-hydrogen) atoms. The molecule has 0 atom stereocenters. The van der Waals surface area contributed by atoms with E-state index < -0.39 is 0 Å². The van der Waals surface area contributed by atoms with E-state index in [1.165, 1.54) is 5.56 Å². The lowest BCUT2D eigenvalue weighted by Gasteiger charge is -2.19. The van der Waals surface area contributed by atoms with Gasteiger partial charge in [0.25, 0.3) is 0 Å². The van der Waals surface area contributed by atoms with Gasteiger partial charge >= 0.3 is 0 Å². The Bertz CT molecular complexity index is 515. The van der Waals surface area contributed by atoms with E-state index >= 15 is 0 Å². The maximum atomic E-state index is 10.6. The summed E-state index contributed by atoms with van der Waals surface area (Å²) in [5.41, 5.74) is 4.27. The molecule has 2 aromatic rings. The minimum absolute atomic E-state index is 0.171. The molecule has 0 aliphatic carbocycles. The fourth-order valence-electron chi connectivity index (χ4n) is 1.81. The lowest BCUT2D eigenvalue weighted by atomic mass is 9.86. The Morgan fingerprint density at radius 2 is 1.71 bits per heavy atom. The molecule has 0 fully saturated rings. The van der Waals surface area contributed by atoms with E-state index in [4.69, 9.17) is 0 Å². The highest BCUT2D eigenvalue weighted by molar-refractivity contribution is 5.77. The molecule has 1 heterocycles. The predicted molar refractivity (Wildman–Crippen MR) is 70.3 cm³/mol. The van der Waals surface area contributed by atoms with Crippen LogP contribution in [0.5, 0.6) is 0 Å². The molecule has 0 radical (unpaired) electrons. The van der Waals surface area contributed by atoms with Gasteiger partial charge in [0, 0.05) is 6.20 Å². The third kappa shape index (κ3) is 2.47. The highest BCUT2D eigenvalue weighted by Gasteiger charge is 2.13. The van der Waals surface area contributed by atoms with Crippen molar-refractivity contribution < 1.29 is 4.79 Å². The lowest BCUT2D eigenvalue weighted by molar-refractivity contribution is 0.111. The third-order valence-electron chi connectivity index (χ3n) is 2.92. The SMILES string of the molecule is CC(C)(C)c1ccc(-c2c[nH]c(C=O)c2)cc1. The highest BCUT2D eigenvalue weighted by Crippen LogP contribution is 2.26. The Balaban J connectivity index is 2.32. The summed E-state index contributed by atoms with van der Waals surface area (Å²) in [7, 11) is 0. The molecule has 0 bridgehead atoms. The van der Waals surface area contributed by atoms with Crippen LogP contribution in [0.2, 0.25) is 0 Å². The molecule has 0 saturated carbocycles. The zero-order chi connectivity index (χ0) is 12.5. The molecule has 0 unspecified atom stereocenters. The fraction of sp³-hybridized carbons (Fsp3) is 0.267. The van der Waals surface area contributed by atoms with Crippen molar-refractivity contribution in [2.75, 3.05) is 0 Å². The first-order valence-electron chi connectivity index (χ1n) is 5.75. The third-order valence-corrected chi connectivity index (χ3v) is 2.92. The van der Waals surface area contributed by atoms with Crippen molar-refractivity contribution in [2.24, 2.45) is 0 Å². The first-order chi connectivity index (χ1) is 8.00. The van der Waals surface area contributed by atoms with E-state index in [0.29, 0.717) is 5.69 Å². The number of carbonyl (C=O) groups excluding carboxylic acids is 1. The Hall–Kier alpha value is -1.83. The van der Waals surface area contributed by atoms with E-state index in [-0.39, 0.29) is 5.41 Å². The molecule has 88 valence electrons. The van der Waals surface area contributed by atoms with Crippen molar-refractivity contribution in [2.45, 2.75) is 26.2 Å². The van der Waals surface area contributed by atoms with Crippen molar-refractivity contribution in [1.82, 2.24) is 4.98 Å². The molecular weight excluding hydrogens is 210 g/mol. The molecule has 0 amide bonds. The van der Waals surface area contributed by atoms with Crippen LogP contribution in [0.25, 0.3) is 11.1 Å². The van der Waals surface area contributed by atoms with E-state index in [0.717, 1.165) is 17.4 Å². The Morgan fingerprint density at radius 1 is 1.06 bits per heavy atom. The molecule has 2 nitrogen and oxygen atoms in total. The van der Waals surface area contributed by atoms with Gasteiger partial charge in [0.15, 0.2) is 6.29 Å². The van der Waals surface area contributed by atoms with Gasteiger partial charge in [-0.3, -0.25) is 4.79 Å². The number of H-pyrrole nitrogens is 1. The van der Waals surface area contributed by atoms with E-state index in [1.54, 1.807) is 0 Å². The summed E-state index contributed by atoms with van der Waals surface area (Å²) in [4.78, 5) is 13.5. The molecule has 0 aliphatic rings. The second-order valence-electron chi connectivity index (χ2n) is 5.29.